The molecular weight excluding hydrogens is 228 g/mol. The molecule has 0 rings (SSSR count). The molecule has 8 N–H and O–H groups in total. The molecule has 0 heterocycles. The van der Waals surface area contributed by atoms with Crippen LogP contribution >= 0.6 is 12.1 Å². The van der Waals surface area contributed by atoms with Gasteiger partial charge in [0.05, 0.1) is 12.1 Å². The molecule has 0 spiro atoms. The smallest absolute Gasteiger partial charge is 0.334 e. The molecular formula is C4H8N6O4S. The highest BCUT2D eigenvalue weighted by Crippen LogP contribution is 2.14. The Bertz CT molecular complexity index is 260. The van der Waals surface area contributed by atoms with Crippen molar-refractivity contribution in [1.29, 1.82) is 0 Å². The first-order valence-corrected chi connectivity index (χ1v) is 3.96. The standard InChI is InChI=1S/C4H8N6O4S/c5-1(11)9(2(6)12)15-10(3(7)13)4(8)14/h(H2,5,11)(H2,6,12)(H2,7,13)(H2,8,14). The third-order valence-electron chi connectivity index (χ3n) is 0.964. The van der Waals surface area contributed by atoms with Gasteiger partial charge in [-0.1, -0.05) is 0 Å². The summed E-state index contributed by atoms with van der Waals surface area (Å²) in [6, 6.07) is -5.11. The van der Waals surface area contributed by atoms with Crippen molar-refractivity contribution in [3.8, 4) is 0 Å². The number of urea groups is 4. The second kappa shape index (κ2) is 4.90. The Morgan fingerprint density at radius 3 is 1.00 bits per heavy atom. The van der Waals surface area contributed by atoms with Crippen LogP contribution in [0, 0.1) is 0 Å². The predicted molar refractivity (Wildman–Crippen MR) is 49.6 cm³/mol. The minimum absolute atomic E-state index is 0.00926. The number of carbonyl (C=O) groups is 4. The van der Waals surface area contributed by atoms with Gasteiger partial charge in [-0.15, -0.1) is 0 Å². The summed E-state index contributed by atoms with van der Waals surface area (Å²) in [7, 11) is 0. The normalized spacial score (nSPS) is 9.07. The van der Waals surface area contributed by atoms with Crippen LogP contribution in [-0.4, -0.2) is 32.7 Å². The van der Waals surface area contributed by atoms with Gasteiger partial charge >= 0.3 is 24.1 Å². The lowest BCUT2D eigenvalue weighted by molar-refractivity contribution is 0.216. The zero-order valence-electron chi connectivity index (χ0n) is 7.25. The Morgan fingerprint density at radius 2 is 0.867 bits per heavy atom. The molecule has 0 aromatic carbocycles. The Balaban J connectivity index is 4.77. The van der Waals surface area contributed by atoms with Crippen LogP contribution in [0.15, 0.2) is 0 Å². The summed E-state index contributed by atoms with van der Waals surface area (Å²) in [6.07, 6.45) is 0. The monoisotopic (exact) mass is 236 g/mol. The number of rotatable bonds is 2. The molecule has 0 fully saturated rings. The Morgan fingerprint density at radius 1 is 0.667 bits per heavy atom. The number of primary amides is 4. The summed E-state index contributed by atoms with van der Waals surface area (Å²) >= 11 is -0.00926. The molecule has 0 aliphatic rings. The summed E-state index contributed by atoms with van der Waals surface area (Å²) in [4.78, 5) is 42.5. The third kappa shape index (κ3) is 3.60. The SMILES string of the molecule is NC(=O)N(SN(C(N)=O)C(N)=O)C(N)=O. The Kier molecular flexibility index (Phi) is 4.19. The molecule has 0 atom stereocenters. The predicted octanol–water partition coefficient (Wildman–Crippen LogP) is -1.53. The van der Waals surface area contributed by atoms with Gasteiger partial charge in [0.2, 0.25) is 0 Å². The minimum atomic E-state index is -1.28. The summed E-state index contributed by atoms with van der Waals surface area (Å²) in [5.41, 5.74) is 18.9. The molecule has 0 saturated carbocycles. The van der Waals surface area contributed by atoms with E-state index in [1.807, 2.05) is 0 Å². The van der Waals surface area contributed by atoms with E-state index in [4.69, 9.17) is 22.9 Å². The fraction of sp³-hybridized carbons (Fsp3) is 0. The van der Waals surface area contributed by atoms with E-state index in [-0.39, 0.29) is 20.7 Å². The molecule has 15 heavy (non-hydrogen) atoms. The van der Waals surface area contributed by atoms with Crippen molar-refractivity contribution >= 4 is 36.3 Å². The molecule has 0 bridgehead atoms. The van der Waals surface area contributed by atoms with Gasteiger partial charge in [-0.05, 0) is 0 Å². The van der Waals surface area contributed by atoms with Crippen LogP contribution in [0.1, 0.15) is 0 Å². The van der Waals surface area contributed by atoms with Crippen molar-refractivity contribution in [2.75, 3.05) is 0 Å². The average molecular weight is 236 g/mol. The van der Waals surface area contributed by atoms with Crippen molar-refractivity contribution in [2.24, 2.45) is 22.9 Å². The van der Waals surface area contributed by atoms with Gasteiger partial charge in [0.1, 0.15) is 0 Å². The molecule has 0 aromatic heterocycles. The maximum absolute atomic E-state index is 10.6. The topological polar surface area (TPSA) is 179 Å². The quantitative estimate of drug-likeness (QED) is 0.423. The van der Waals surface area contributed by atoms with E-state index in [9.17, 15) is 19.2 Å². The van der Waals surface area contributed by atoms with E-state index in [1.165, 1.54) is 0 Å². The molecule has 10 nitrogen and oxygen atoms in total. The van der Waals surface area contributed by atoms with Gasteiger partial charge in [-0.25, -0.2) is 19.2 Å². The Labute approximate surface area is 87.8 Å². The van der Waals surface area contributed by atoms with Crippen LogP contribution in [0.25, 0.3) is 0 Å². The van der Waals surface area contributed by atoms with Crippen LogP contribution < -0.4 is 22.9 Å². The van der Waals surface area contributed by atoms with E-state index in [1.54, 1.807) is 0 Å². The number of carbonyl (C=O) groups excluding carboxylic acids is 4. The number of nitrogens with zero attached hydrogens (tertiary/aromatic N) is 2. The highest BCUT2D eigenvalue weighted by atomic mass is 32.2. The first-order valence-electron chi connectivity index (χ1n) is 3.23. The fourth-order valence-corrected chi connectivity index (χ4v) is 0.945. The maximum atomic E-state index is 10.6. The van der Waals surface area contributed by atoms with Crippen LogP contribution in [0.4, 0.5) is 19.2 Å². The molecule has 0 unspecified atom stereocenters. The zero-order valence-corrected chi connectivity index (χ0v) is 8.06. The van der Waals surface area contributed by atoms with E-state index >= 15 is 0 Å². The molecule has 84 valence electrons. The van der Waals surface area contributed by atoms with Gasteiger partial charge in [0, 0.05) is 0 Å². The number of hydrogen-bond donors (Lipinski definition) is 4. The lowest BCUT2D eigenvalue weighted by Gasteiger charge is -2.19. The number of hydrogen-bond acceptors (Lipinski definition) is 5. The van der Waals surface area contributed by atoms with Gasteiger partial charge in [-0.2, -0.15) is 8.61 Å². The molecule has 8 amide bonds. The molecule has 0 aliphatic carbocycles. The largest absolute Gasteiger partial charge is 0.350 e. The lowest BCUT2D eigenvalue weighted by Crippen LogP contribution is -2.47. The van der Waals surface area contributed by atoms with Gasteiger partial charge < -0.3 is 22.9 Å². The average Bonchev–Trinajstić information content (AvgIpc) is 2.01. The van der Waals surface area contributed by atoms with Gasteiger partial charge in [0.25, 0.3) is 0 Å². The fourth-order valence-electron chi connectivity index (χ4n) is 0.460. The molecule has 11 heteroatoms. The van der Waals surface area contributed by atoms with Gasteiger partial charge in [0.15, 0.2) is 0 Å². The number of nitrogens with two attached hydrogens (primary N) is 4. The number of amides is 8. The van der Waals surface area contributed by atoms with Crippen molar-refractivity contribution in [3.05, 3.63) is 0 Å². The highest BCUT2D eigenvalue weighted by Gasteiger charge is 2.26. The molecule has 0 saturated heterocycles. The van der Waals surface area contributed by atoms with Crippen molar-refractivity contribution in [2.45, 2.75) is 0 Å². The van der Waals surface area contributed by atoms with Crippen molar-refractivity contribution < 1.29 is 19.2 Å². The first-order chi connectivity index (χ1) is 6.77. The second-order valence-electron chi connectivity index (χ2n) is 2.02. The lowest BCUT2D eigenvalue weighted by atomic mass is 10.9. The van der Waals surface area contributed by atoms with Crippen LogP contribution in [0.5, 0.6) is 0 Å². The van der Waals surface area contributed by atoms with Crippen LogP contribution in [0.2, 0.25) is 0 Å². The first kappa shape index (κ1) is 12.8. The number of imide groups is 2. The Hall–Kier alpha value is -2.17. The van der Waals surface area contributed by atoms with E-state index in [2.05, 4.69) is 0 Å². The van der Waals surface area contributed by atoms with Crippen LogP contribution in [0.3, 0.4) is 0 Å². The van der Waals surface area contributed by atoms with Crippen molar-refractivity contribution in [1.82, 2.24) is 8.61 Å². The van der Waals surface area contributed by atoms with E-state index in [0.29, 0.717) is 0 Å². The highest BCUT2D eigenvalue weighted by molar-refractivity contribution is 7.96. The summed E-state index contributed by atoms with van der Waals surface area (Å²) in [5, 5.41) is 0. The third-order valence-corrected chi connectivity index (χ3v) is 2.01. The maximum Gasteiger partial charge on any atom is 0.334 e. The zero-order chi connectivity index (χ0) is 12.2. The van der Waals surface area contributed by atoms with E-state index < -0.39 is 24.1 Å². The molecule has 0 aliphatic heterocycles. The summed E-state index contributed by atoms with van der Waals surface area (Å²) in [5.74, 6) is 0. The summed E-state index contributed by atoms with van der Waals surface area (Å²) < 4.78 is 0.269. The van der Waals surface area contributed by atoms with Crippen LogP contribution in [-0.2, 0) is 0 Å². The second-order valence-corrected chi connectivity index (χ2v) is 2.92. The summed E-state index contributed by atoms with van der Waals surface area (Å²) in [6.45, 7) is 0. The molecule has 0 radical (unpaired) electrons. The van der Waals surface area contributed by atoms with E-state index in [0.717, 1.165) is 0 Å². The minimum Gasteiger partial charge on any atom is -0.350 e. The van der Waals surface area contributed by atoms with Crippen molar-refractivity contribution in [3.63, 3.8) is 0 Å². The molecule has 0 aromatic rings. The van der Waals surface area contributed by atoms with Gasteiger partial charge in [-0.3, -0.25) is 0 Å².